The fourth-order valence-corrected chi connectivity index (χ4v) is 2.60. The molecule has 0 aliphatic carbocycles. The molecule has 6 heteroatoms. The van der Waals surface area contributed by atoms with Crippen molar-refractivity contribution in [3.8, 4) is 0 Å². The van der Waals surface area contributed by atoms with E-state index >= 15 is 0 Å². The van der Waals surface area contributed by atoms with E-state index in [1.165, 1.54) is 6.07 Å². The number of nitrogens with zero attached hydrogens (tertiary/aromatic N) is 1. The molecule has 4 nitrogen and oxygen atoms in total. The third-order valence-electron chi connectivity index (χ3n) is 3.96. The number of nitrogens with two attached hydrogens (primary N) is 1. The molecule has 1 aliphatic heterocycles. The maximum absolute atomic E-state index is 13.1. The third kappa shape index (κ3) is 3.98. The average Bonchev–Trinajstić information content (AvgIpc) is 2.38. The molecule has 1 aliphatic rings. The highest BCUT2D eigenvalue weighted by Gasteiger charge is 2.33. The summed E-state index contributed by atoms with van der Waals surface area (Å²) >= 11 is 0. The van der Waals surface area contributed by atoms with Gasteiger partial charge in [0.25, 0.3) is 0 Å². The van der Waals surface area contributed by atoms with E-state index in [1.54, 1.807) is 0 Å². The van der Waals surface area contributed by atoms with Crippen LogP contribution < -0.4 is 11.1 Å². The third-order valence-corrected chi connectivity index (χ3v) is 3.96. The maximum Gasteiger partial charge on any atom is 0.238 e. The number of nitrogens with one attached hydrogen (secondary N) is 1. The smallest absolute Gasteiger partial charge is 0.238 e. The lowest BCUT2D eigenvalue weighted by Crippen LogP contribution is -2.53. The number of amides is 1. The molecule has 1 saturated heterocycles. The van der Waals surface area contributed by atoms with Crippen molar-refractivity contribution in [2.75, 3.05) is 25.0 Å². The van der Waals surface area contributed by atoms with Crippen LogP contribution in [0.5, 0.6) is 0 Å². The highest BCUT2D eigenvalue weighted by Crippen LogP contribution is 2.27. The van der Waals surface area contributed by atoms with Crippen LogP contribution in [0.2, 0.25) is 0 Å². The second kappa shape index (κ2) is 6.07. The SMILES string of the molecule is CC1(C)CN(CC(=O)Nc2ccc(F)c(F)c2)CCC1N. The Labute approximate surface area is 123 Å². The van der Waals surface area contributed by atoms with Gasteiger partial charge in [0, 0.05) is 30.9 Å². The van der Waals surface area contributed by atoms with Crippen LogP contribution in [0.15, 0.2) is 18.2 Å². The van der Waals surface area contributed by atoms with Gasteiger partial charge in [-0.2, -0.15) is 0 Å². The minimum absolute atomic E-state index is 0.0412. The summed E-state index contributed by atoms with van der Waals surface area (Å²) in [5, 5.41) is 2.58. The zero-order valence-electron chi connectivity index (χ0n) is 12.3. The highest BCUT2D eigenvalue weighted by atomic mass is 19.2. The molecule has 1 fully saturated rings. The number of carbonyl (C=O) groups is 1. The van der Waals surface area contributed by atoms with Gasteiger partial charge in [-0.1, -0.05) is 13.8 Å². The van der Waals surface area contributed by atoms with Gasteiger partial charge in [-0.25, -0.2) is 8.78 Å². The first kappa shape index (κ1) is 15.9. The molecule has 0 aromatic heterocycles. The molecule has 0 saturated carbocycles. The lowest BCUT2D eigenvalue weighted by atomic mass is 9.80. The van der Waals surface area contributed by atoms with E-state index in [0.29, 0.717) is 0 Å². The number of rotatable bonds is 3. The average molecular weight is 297 g/mol. The summed E-state index contributed by atoms with van der Waals surface area (Å²) in [7, 11) is 0. The van der Waals surface area contributed by atoms with Crippen LogP contribution in [0, 0.1) is 17.0 Å². The molecule has 0 spiro atoms. The van der Waals surface area contributed by atoms with Gasteiger partial charge in [-0.3, -0.25) is 9.69 Å². The van der Waals surface area contributed by atoms with Crippen molar-refractivity contribution in [1.29, 1.82) is 0 Å². The first-order valence-corrected chi connectivity index (χ1v) is 7.01. The van der Waals surface area contributed by atoms with Crippen molar-refractivity contribution in [3.05, 3.63) is 29.8 Å². The predicted octanol–water partition coefficient (Wildman–Crippen LogP) is 1.96. The number of halogens is 2. The number of hydrogen-bond acceptors (Lipinski definition) is 3. The Morgan fingerprint density at radius 3 is 2.76 bits per heavy atom. The molecule has 1 aromatic carbocycles. The molecule has 21 heavy (non-hydrogen) atoms. The van der Waals surface area contributed by atoms with Crippen molar-refractivity contribution in [1.82, 2.24) is 4.90 Å². The fourth-order valence-electron chi connectivity index (χ4n) is 2.60. The lowest BCUT2D eigenvalue weighted by Gasteiger charge is -2.42. The second-order valence-electron chi connectivity index (χ2n) is 6.27. The van der Waals surface area contributed by atoms with E-state index < -0.39 is 11.6 Å². The first-order valence-electron chi connectivity index (χ1n) is 7.01. The summed E-state index contributed by atoms with van der Waals surface area (Å²) in [5.41, 5.74) is 6.27. The molecule has 0 bridgehead atoms. The quantitative estimate of drug-likeness (QED) is 0.896. The number of likely N-dealkylation sites (tertiary alicyclic amines) is 1. The van der Waals surface area contributed by atoms with Gasteiger partial charge >= 0.3 is 0 Å². The van der Waals surface area contributed by atoms with Gasteiger partial charge < -0.3 is 11.1 Å². The van der Waals surface area contributed by atoms with Crippen LogP contribution in [0.4, 0.5) is 14.5 Å². The van der Waals surface area contributed by atoms with Crippen LogP contribution in [-0.2, 0) is 4.79 Å². The predicted molar refractivity (Wildman–Crippen MR) is 77.8 cm³/mol. The van der Waals surface area contributed by atoms with Crippen LogP contribution in [0.3, 0.4) is 0 Å². The Morgan fingerprint density at radius 2 is 2.14 bits per heavy atom. The zero-order valence-corrected chi connectivity index (χ0v) is 12.3. The number of anilines is 1. The minimum atomic E-state index is -0.974. The molecule has 2 rings (SSSR count). The largest absolute Gasteiger partial charge is 0.327 e. The zero-order chi connectivity index (χ0) is 15.6. The molecule has 116 valence electrons. The normalized spacial score (nSPS) is 22.0. The molecular formula is C15H21F2N3O. The van der Waals surface area contributed by atoms with E-state index in [9.17, 15) is 13.6 Å². The van der Waals surface area contributed by atoms with Crippen molar-refractivity contribution >= 4 is 11.6 Å². The van der Waals surface area contributed by atoms with Gasteiger partial charge in [0.15, 0.2) is 11.6 Å². The molecule has 1 atom stereocenters. The van der Waals surface area contributed by atoms with Crippen molar-refractivity contribution < 1.29 is 13.6 Å². The molecular weight excluding hydrogens is 276 g/mol. The first-order chi connectivity index (χ1) is 9.78. The molecule has 1 amide bonds. The monoisotopic (exact) mass is 297 g/mol. The standard InChI is InChI=1S/C15H21F2N3O/c1-15(2)9-20(6-5-13(15)18)8-14(21)19-10-3-4-11(16)12(17)7-10/h3-4,7,13H,5-6,8-9,18H2,1-2H3,(H,19,21). The van der Waals surface area contributed by atoms with E-state index in [1.807, 2.05) is 4.90 Å². The lowest BCUT2D eigenvalue weighted by molar-refractivity contribution is -0.118. The molecule has 0 radical (unpaired) electrons. The van der Waals surface area contributed by atoms with E-state index in [-0.39, 0.29) is 29.6 Å². The van der Waals surface area contributed by atoms with Crippen molar-refractivity contribution in [3.63, 3.8) is 0 Å². The van der Waals surface area contributed by atoms with Crippen LogP contribution >= 0.6 is 0 Å². The minimum Gasteiger partial charge on any atom is -0.327 e. The topological polar surface area (TPSA) is 58.4 Å². The Hall–Kier alpha value is -1.53. The maximum atomic E-state index is 13.1. The van der Waals surface area contributed by atoms with Crippen molar-refractivity contribution in [2.45, 2.75) is 26.3 Å². The van der Waals surface area contributed by atoms with E-state index in [2.05, 4.69) is 19.2 Å². The van der Waals surface area contributed by atoms with Gasteiger partial charge in [-0.05, 0) is 24.0 Å². The molecule has 1 heterocycles. The van der Waals surface area contributed by atoms with Gasteiger partial charge in [0.05, 0.1) is 6.54 Å². The summed E-state index contributed by atoms with van der Waals surface area (Å²) in [6, 6.07) is 3.44. The highest BCUT2D eigenvalue weighted by molar-refractivity contribution is 5.92. The summed E-state index contributed by atoms with van der Waals surface area (Å²) in [4.78, 5) is 14.0. The second-order valence-corrected chi connectivity index (χ2v) is 6.27. The van der Waals surface area contributed by atoms with Gasteiger partial charge in [0.1, 0.15) is 0 Å². The Kier molecular flexibility index (Phi) is 4.58. The van der Waals surface area contributed by atoms with E-state index in [0.717, 1.165) is 31.6 Å². The number of piperidine rings is 1. The van der Waals surface area contributed by atoms with Crippen LogP contribution in [0.25, 0.3) is 0 Å². The van der Waals surface area contributed by atoms with Gasteiger partial charge in [0.2, 0.25) is 5.91 Å². The Balaban J connectivity index is 1.91. The van der Waals surface area contributed by atoms with Crippen LogP contribution in [-0.4, -0.2) is 36.5 Å². The summed E-state index contributed by atoms with van der Waals surface area (Å²) in [6.45, 7) is 5.87. The molecule has 3 N–H and O–H groups in total. The summed E-state index contributed by atoms with van der Waals surface area (Å²) in [5.74, 6) is -2.15. The number of carbonyl (C=O) groups excluding carboxylic acids is 1. The molecule has 1 aromatic rings. The number of hydrogen-bond donors (Lipinski definition) is 2. The fraction of sp³-hybridized carbons (Fsp3) is 0.533. The summed E-state index contributed by atoms with van der Waals surface area (Å²) < 4.78 is 25.9. The number of benzene rings is 1. The molecule has 1 unspecified atom stereocenters. The van der Waals surface area contributed by atoms with Crippen molar-refractivity contribution in [2.24, 2.45) is 11.1 Å². The Bertz CT molecular complexity index is 534. The Morgan fingerprint density at radius 1 is 1.43 bits per heavy atom. The van der Waals surface area contributed by atoms with Crippen LogP contribution in [0.1, 0.15) is 20.3 Å². The van der Waals surface area contributed by atoms with Gasteiger partial charge in [-0.15, -0.1) is 0 Å². The summed E-state index contributed by atoms with van der Waals surface area (Å²) in [6.07, 6.45) is 0.839. The van der Waals surface area contributed by atoms with E-state index in [4.69, 9.17) is 5.73 Å².